The lowest BCUT2D eigenvalue weighted by Gasteiger charge is -2.16. The zero-order valence-electron chi connectivity index (χ0n) is 10.3. The van der Waals surface area contributed by atoms with E-state index in [0.717, 1.165) is 11.1 Å². The number of carbonyl (C=O) groups excluding carboxylic acids is 2. The lowest BCUT2D eigenvalue weighted by atomic mass is 10.1. The average molecular weight is 272 g/mol. The van der Waals surface area contributed by atoms with Crippen LogP contribution in [0.3, 0.4) is 0 Å². The van der Waals surface area contributed by atoms with Gasteiger partial charge in [-0.05, 0) is 36.4 Å². The molecule has 1 heterocycles. The fourth-order valence-corrected chi connectivity index (χ4v) is 1.87. The summed E-state index contributed by atoms with van der Waals surface area (Å²) >= 11 is 4.73. The summed E-state index contributed by atoms with van der Waals surface area (Å²) in [6, 6.07) is 9.65. The topological polar surface area (TPSA) is 58.2 Å². The second-order valence-electron chi connectivity index (χ2n) is 4.09. The van der Waals surface area contributed by atoms with Crippen LogP contribution in [0.1, 0.15) is 12.5 Å². The van der Waals surface area contributed by atoms with E-state index in [9.17, 15) is 9.59 Å². The van der Waals surface area contributed by atoms with Gasteiger partial charge in [0.05, 0.1) is 0 Å². The Morgan fingerprint density at radius 1 is 1.11 bits per heavy atom. The molecule has 1 aromatic carbocycles. The molecule has 2 N–H and O–H groups in total. The molecule has 0 atom stereocenters. The molecule has 1 saturated heterocycles. The third kappa shape index (κ3) is 3.35. The van der Waals surface area contributed by atoms with Crippen molar-refractivity contribution >= 4 is 35.2 Å². The molecular weight excluding hydrogens is 260 g/mol. The van der Waals surface area contributed by atoms with Crippen LogP contribution in [0.15, 0.2) is 47.6 Å². The molecule has 1 aliphatic rings. The summed E-state index contributed by atoms with van der Waals surface area (Å²) in [5.74, 6) is -0.955. The Hall–Kier alpha value is -2.27. The Morgan fingerprint density at radius 3 is 2.26 bits per heavy atom. The van der Waals surface area contributed by atoms with Gasteiger partial charge in [0, 0.05) is 0 Å². The second-order valence-corrected chi connectivity index (χ2v) is 4.50. The second kappa shape index (κ2) is 5.58. The van der Waals surface area contributed by atoms with Gasteiger partial charge in [0.15, 0.2) is 5.11 Å². The van der Waals surface area contributed by atoms with E-state index in [1.807, 2.05) is 43.3 Å². The van der Waals surface area contributed by atoms with E-state index in [0.29, 0.717) is 0 Å². The van der Waals surface area contributed by atoms with E-state index in [2.05, 4.69) is 10.6 Å². The highest BCUT2D eigenvalue weighted by molar-refractivity contribution is 7.80. The van der Waals surface area contributed by atoms with E-state index >= 15 is 0 Å². The maximum Gasteiger partial charge on any atom is 0.263 e. The van der Waals surface area contributed by atoms with Crippen molar-refractivity contribution in [2.24, 2.45) is 0 Å². The molecule has 5 heteroatoms. The molecule has 0 aliphatic carbocycles. The molecule has 1 fully saturated rings. The third-order valence-corrected chi connectivity index (χ3v) is 2.71. The monoisotopic (exact) mass is 272 g/mol. The van der Waals surface area contributed by atoms with Gasteiger partial charge in [0.2, 0.25) is 0 Å². The number of nitrogens with one attached hydrogen (secondary N) is 2. The van der Waals surface area contributed by atoms with Crippen molar-refractivity contribution in [1.29, 1.82) is 0 Å². The van der Waals surface area contributed by atoms with Crippen molar-refractivity contribution in [3.63, 3.8) is 0 Å². The Labute approximate surface area is 116 Å². The van der Waals surface area contributed by atoms with E-state index in [1.54, 1.807) is 6.08 Å². The SMILES string of the molecule is C/C(C=C1C(=O)NC(=S)NC1=O)=C/c1ccccc1. The first-order valence-corrected chi connectivity index (χ1v) is 6.09. The van der Waals surface area contributed by atoms with Crippen LogP contribution in [-0.4, -0.2) is 16.9 Å². The third-order valence-electron chi connectivity index (χ3n) is 2.51. The first-order valence-electron chi connectivity index (χ1n) is 5.68. The number of hydrogen-bond acceptors (Lipinski definition) is 3. The quantitative estimate of drug-likeness (QED) is 0.488. The van der Waals surface area contributed by atoms with E-state index in [1.165, 1.54) is 0 Å². The van der Waals surface area contributed by atoms with Gasteiger partial charge in [0.1, 0.15) is 5.57 Å². The smallest absolute Gasteiger partial charge is 0.263 e. The molecule has 2 amide bonds. The van der Waals surface area contributed by atoms with Crippen LogP contribution >= 0.6 is 12.2 Å². The Bertz CT molecular complexity index is 581. The van der Waals surface area contributed by atoms with Crippen molar-refractivity contribution in [3.8, 4) is 0 Å². The van der Waals surface area contributed by atoms with Crippen molar-refractivity contribution in [1.82, 2.24) is 10.6 Å². The highest BCUT2D eigenvalue weighted by Crippen LogP contribution is 2.10. The number of amides is 2. The van der Waals surface area contributed by atoms with Gasteiger partial charge < -0.3 is 0 Å². The van der Waals surface area contributed by atoms with Gasteiger partial charge in [-0.15, -0.1) is 0 Å². The van der Waals surface area contributed by atoms with E-state index in [4.69, 9.17) is 12.2 Å². The molecule has 0 unspecified atom stereocenters. The van der Waals surface area contributed by atoms with E-state index < -0.39 is 11.8 Å². The number of allylic oxidation sites excluding steroid dienone is 2. The maximum atomic E-state index is 11.6. The normalized spacial score (nSPS) is 15.9. The van der Waals surface area contributed by atoms with Crippen LogP contribution in [0.5, 0.6) is 0 Å². The highest BCUT2D eigenvalue weighted by Gasteiger charge is 2.25. The predicted octanol–water partition coefficient (Wildman–Crippen LogP) is 1.55. The van der Waals surface area contributed by atoms with Crippen LogP contribution < -0.4 is 10.6 Å². The molecule has 2 rings (SSSR count). The number of rotatable bonds is 2. The first-order chi connectivity index (χ1) is 9.06. The fraction of sp³-hybridized carbons (Fsp3) is 0.0714. The van der Waals surface area contributed by atoms with Gasteiger partial charge in [0.25, 0.3) is 11.8 Å². The van der Waals surface area contributed by atoms with Gasteiger partial charge in [-0.2, -0.15) is 0 Å². The summed E-state index contributed by atoms with van der Waals surface area (Å²) in [5, 5.41) is 4.83. The molecule has 1 aliphatic heterocycles. The van der Waals surface area contributed by atoms with Gasteiger partial charge in [-0.3, -0.25) is 20.2 Å². The lowest BCUT2D eigenvalue weighted by Crippen LogP contribution is -2.51. The number of benzene rings is 1. The predicted molar refractivity (Wildman–Crippen MR) is 77.1 cm³/mol. The van der Waals surface area contributed by atoms with Gasteiger partial charge in [-0.1, -0.05) is 36.4 Å². The van der Waals surface area contributed by atoms with Crippen LogP contribution in [0.2, 0.25) is 0 Å². The fourth-order valence-electron chi connectivity index (χ4n) is 1.69. The summed E-state index contributed by atoms with van der Waals surface area (Å²) < 4.78 is 0. The molecular formula is C14H12N2O2S. The first kappa shape index (κ1) is 13.2. The summed E-state index contributed by atoms with van der Waals surface area (Å²) in [5.41, 5.74) is 1.86. The van der Waals surface area contributed by atoms with E-state index in [-0.39, 0.29) is 10.7 Å². The highest BCUT2D eigenvalue weighted by atomic mass is 32.1. The van der Waals surface area contributed by atoms with Gasteiger partial charge in [-0.25, -0.2) is 0 Å². The minimum absolute atomic E-state index is 0.0387. The zero-order valence-corrected chi connectivity index (χ0v) is 11.1. The molecule has 0 saturated carbocycles. The van der Waals surface area contributed by atoms with Crippen LogP contribution in [0, 0.1) is 0 Å². The standard InChI is InChI=1S/C14H12N2O2S/c1-9(7-10-5-3-2-4-6-10)8-11-12(17)15-14(19)16-13(11)18/h2-8H,1H3,(H2,15,16,17,18,19)/b9-7-. The summed E-state index contributed by atoms with van der Waals surface area (Å²) in [7, 11) is 0. The van der Waals surface area contributed by atoms with Crippen molar-refractivity contribution in [2.75, 3.05) is 0 Å². The molecule has 0 radical (unpaired) electrons. The number of carbonyl (C=O) groups is 2. The van der Waals surface area contributed by atoms with Crippen LogP contribution in [0.25, 0.3) is 6.08 Å². The lowest BCUT2D eigenvalue weighted by molar-refractivity contribution is -0.123. The number of hydrogen-bond donors (Lipinski definition) is 2. The Morgan fingerprint density at radius 2 is 1.68 bits per heavy atom. The minimum Gasteiger partial charge on any atom is -0.299 e. The minimum atomic E-state index is -0.477. The van der Waals surface area contributed by atoms with Crippen molar-refractivity contribution in [2.45, 2.75) is 6.92 Å². The molecule has 0 aromatic heterocycles. The van der Waals surface area contributed by atoms with Gasteiger partial charge >= 0.3 is 0 Å². The average Bonchev–Trinajstić information content (AvgIpc) is 2.35. The summed E-state index contributed by atoms with van der Waals surface area (Å²) in [6.45, 7) is 1.83. The molecule has 19 heavy (non-hydrogen) atoms. The summed E-state index contributed by atoms with van der Waals surface area (Å²) in [6.07, 6.45) is 3.43. The Kier molecular flexibility index (Phi) is 3.87. The zero-order chi connectivity index (χ0) is 13.8. The number of thiocarbonyl (C=S) groups is 1. The summed E-state index contributed by atoms with van der Waals surface area (Å²) in [4.78, 5) is 23.3. The van der Waals surface area contributed by atoms with Crippen LogP contribution in [-0.2, 0) is 9.59 Å². The maximum absolute atomic E-state index is 11.6. The van der Waals surface area contributed by atoms with Crippen molar-refractivity contribution < 1.29 is 9.59 Å². The van der Waals surface area contributed by atoms with Crippen molar-refractivity contribution in [3.05, 3.63) is 53.1 Å². The molecule has 96 valence electrons. The molecule has 0 spiro atoms. The Balaban J connectivity index is 2.25. The van der Waals surface area contributed by atoms with Crippen LogP contribution in [0.4, 0.5) is 0 Å². The molecule has 0 bridgehead atoms. The largest absolute Gasteiger partial charge is 0.299 e. The molecule has 4 nitrogen and oxygen atoms in total. The molecule has 1 aromatic rings.